The van der Waals surface area contributed by atoms with Crippen LogP contribution in [0, 0.1) is 0 Å². The van der Waals surface area contributed by atoms with E-state index in [4.69, 9.17) is 14.6 Å². The summed E-state index contributed by atoms with van der Waals surface area (Å²) >= 11 is 0. The molecule has 144 valence electrons. The fourth-order valence-electron chi connectivity index (χ4n) is 2.34. The summed E-state index contributed by atoms with van der Waals surface area (Å²) in [5, 5.41) is 8.61. The lowest BCUT2D eigenvalue weighted by Gasteiger charge is -2.10. The first kappa shape index (κ1) is 21.7. The van der Waals surface area contributed by atoms with E-state index < -0.39 is 5.97 Å². The quantitative estimate of drug-likeness (QED) is 0.392. The van der Waals surface area contributed by atoms with Crippen molar-refractivity contribution in [2.24, 2.45) is 0 Å². The molecular formula is C20H29NO5. The van der Waals surface area contributed by atoms with E-state index in [2.05, 4.69) is 11.9 Å². The van der Waals surface area contributed by atoms with Gasteiger partial charge in [-0.15, -0.1) is 0 Å². The van der Waals surface area contributed by atoms with Crippen molar-refractivity contribution >= 4 is 17.8 Å². The number of carbonyl (C=O) groups excluding carboxylic acids is 1. The third-order valence-corrected chi connectivity index (χ3v) is 3.83. The molecule has 0 aliphatic heterocycles. The Kier molecular flexibility index (Phi) is 10.8. The molecule has 0 spiro atoms. The van der Waals surface area contributed by atoms with Gasteiger partial charge >= 0.3 is 5.97 Å². The standard InChI is InChI=1S/C20H29NO5/c1-3-4-6-9-17(22)12-11-16-14-18(19(25-2)15-21-16)26-13-8-5-7-10-20(23)24/h11-12,14-15H,3-10,13H2,1-2H3,(H,23,24). The number of ketones is 1. The zero-order chi connectivity index (χ0) is 19.2. The molecule has 0 unspecified atom stereocenters. The van der Waals surface area contributed by atoms with Crippen LogP contribution in [0.2, 0.25) is 0 Å². The van der Waals surface area contributed by atoms with Gasteiger partial charge in [-0.2, -0.15) is 0 Å². The number of hydrogen-bond donors (Lipinski definition) is 1. The highest BCUT2D eigenvalue weighted by molar-refractivity contribution is 5.93. The molecule has 0 atom stereocenters. The van der Waals surface area contributed by atoms with Gasteiger partial charge in [-0.1, -0.05) is 19.8 Å². The Morgan fingerprint density at radius 1 is 1.12 bits per heavy atom. The van der Waals surface area contributed by atoms with Gasteiger partial charge < -0.3 is 14.6 Å². The zero-order valence-corrected chi connectivity index (χ0v) is 15.7. The number of carboxylic acids is 1. The second-order valence-electron chi connectivity index (χ2n) is 6.07. The van der Waals surface area contributed by atoms with Crippen LogP contribution in [0.5, 0.6) is 11.5 Å². The number of carbonyl (C=O) groups is 2. The van der Waals surface area contributed by atoms with Crippen LogP contribution in [0.15, 0.2) is 18.3 Å². The van der Waals surface area contributed by atoms with Crippen molar-refractivity contribution in [1.29, 1.82) is 0 Å². The Labute approximate surface area is 155 Å². The highest BCUT2D eigenvalue weighted by atomic mass is 16.5. The van der Waals surface area contributed by atoms with E-state index in [9.17, 15) is 9.59 Å². The number of hydrogen-bond acceptors (Lipinski definition) is 5. The molecule has 26 heavy (non-hydrogen) atoms. The van der Waals surface area contributed by atoms with Gasteiger partial charge in [0.15, 0.2) is 17.3 Å². The Hall–Kier alpha value is -2.37. The number of methoxy groups -OCH3 is 1. The number of aliphatic carboxylic acids is 1. The molecule has 0 fully saturated rings. The van der Waals surface area contributed by atoms with Crippen LogP contribution in [-0.2, 0) is 9.59 Å². The summed E-state index contributed by atoms with van der Waals surface area (Å²) < 4.78 is 11.0. The van der Waals surface area contributed by atoms with Crippen molar-refractivity contribution in [1.82, 2.24) is 4.98 Å². The number of allylic oxidation sites excluding steroid dienone is 1. The van der Waals surface area contributed by atoms with Crippen LogP contribution in [0.1, 0.15) is 64.0 Å². The first-order valence-electron chi connectivity index (χ1n) is 9.16. The summed E-state index contributed by atoms with van der Waals surface area (Å²) in [5.74, 6) is 0.417. The van der Waals surface area contributed by atoms with E-state index in [1.807, 2.05) is 0 Å². The molecule has 0 aromatic carbocycles. The third kappa shape index (κ3) is 9.20. The summed E-state index contributed by atoms with van der Waals surface area (Å²) in [7, 11) is 1.55. The lowest BCUT2D eigenvalue weighted by atomic mass is 10.1. The van der Waals surface area contributed by atoms with Crippen molar-refractivity contribution < 1.29 is 24.2 Å². The lowest BCUT2D eigenvalue weighted by Crippen LogP contribution is -2.01. The van der Waals surface area contributed by atoms with Gasteiger partial charge in [-0.25, -0.2) is 0 Å². The molecule has 0 aliphatic rings. The Balaban J connectivity index is 2.53. The molecule has 1 N–H and O–H groups in total. The molecule has 0 bridgehead atoms. The topological polar surface area (TPSA) is 85.7 Å². The predicted octanol–water partition coefficient (Wildman–Crippen LogP) is 4.28. The van der Waals surface area contributed by atoms with Gasteiger partial charge in [0.05, 0.1) is 25.6 Å². The maximum Gasteiger partial charge on any atom is 0.303 e. The number of rotatable bonds is 14. The molecule has 6 heteroatoms. The molecule has 0 radical (unpaired) electrons. The maximum absolute atomic E-state index is 11.8. The summed E-state index contributed by atoms with van der Waals surface area (Å²) in [6, 6.07) is 1.74. The minimum atomic E-state index is -0.776. The van der Waals surface area contributed by atoms with Gasteiger partial charge in [0.2, 0.25) is 0 Å². The van der Waals surface area contributed by atoms with Crippen LogP contribution in [0.3, 0.4) is 0 Å². The van der Waals surface area contributed by atoms with Crippen molar-refractivity contribution in [3.05, 3.63) is 24.0 Å². The number of ether oxygens (including phenoxy) is 2. The van der Waals surface area contributed by atoms with E-state index in [0.29, 0.717) is 36.6 Å². The van der Waals surface area contributed by atoms with Crippen LogP contribution in [-0.4, -0.2) is 35.6 Å². The Bertz CT molecular complexity index is 598. The fourth-order valence-corrected chi connectivity index (χ4v) is 2.34. The average Bonchev–Trinajstić information content (AvgIpc) is 2.63. The number of carboxylic acid groups (broad SMARTS) is 1. The van der Waals surface area contributed by atoms with Crippen LogP contribution < -0.4 is 9.47 Å². The van der Waals surface area contributed by atoms with Crippen molar-refractivity contribution in [2.45, 2.75) is 58.3 Å². The second-order valence-corrected chi connectivity index (χ2v) is 6.07. The van der Waals surface area contributed by atoms with Crippen molar-refractivity contribution in [3.63, 3.8) is 0 Å². The fraction of sp³-hybridized carbons (Fsp3) is 0.550. The van der Waals surface area contributed by atoms with Crippen molar-refractivity contribution in [3.8, 4) is 11.5 Å². The smallest absolute Gasteiger partial charge is 0.303 e. The molecule has 0 saturated heterocycles. The highest BCUT2D eigenvalue weighted by Gasteiger charge is 2.07. The molecule has 0 saturated carbocycles. The molecule has 1 aromatic rings. The average molecular weight is 363 g/mol. The van der Waals surface area contributed by atoms with E-state index in [-0.39, 0.29) is 12.2 Å². The largest absolute Gasteiger partial charge is 0.491 e. The van der Waals surface area contributed by atoms with Crippen molar-refractivity contribution in [2.75, 3.05) is 13.7 Å². The Morgan fingerprint density at radius 2 is 1.88 bits per heavy atom. The van der Waals surface area contributed by atoms with Gasteiger partial charge in [0.25, 0.3) is 0 Å². The van der Waals surface area contributed by atoms with E-state index in [1.165, 1.54) is 0 Å². The van der Waals surface area contributed by atoms with Crippen LogP contribution in [0.4, 0.5) is 0 Å². The van der Waals surface area contributed by atoms with E-state index in [0.717, 1.165) is 32.1 Å². The van der Waals surface area contributed by atoms with Gasteiger partial charge in [-0.05, 0) is 37.8 Å². The molecule has 6 nitrogen and oxygen atoms in total. The van der Waals surface area contributed by atoms with E-state index >= 15 is 0 Å². The SMILES string of the molecule is CCCCCC(=O)C=Cc1cc(OCCCCCC(=O)O)c(OC)cn1. The molecular weight excluding hydrogens is 334 g/mol. The lowest BCUT2D eigenvalue weighted by molar-refractivity contribution is -0.137. The highest BCUT2D eigenvalue weighted by Crippen LogP contribution is 2.27. The molecule has 0 amide bonds. The predicted molar refractivity (Wildman–Crippen MR) is 101 cm³/mol. The number of unbranched alkanes of at least 4 members (excludes halogenated alkanes) is 4. The summed E-state index contributed by atoms with van der Waals surface area (Å²) in [4.78, 5) is 26.5. The summed E-state index contributed by atoms with van der Waals surface area (Å²) in [5.41, 5.74) is 0.635. The van der Waals surface area contributed by atoms with Gasteiger partial charge in [0.1, 0.15) is 0 Å². The monoisotopic (exact) mass is 363 g/mol. The van der Waals surface area contributed by atoms with Crippen LogP contribution in [0.25, 0.3) is 6.08 Å². The third-order valence-electron chi connectivity index (χ3n) is 3.83. The van der Waals surface area contributed by atoms with Gasteiger partial charge in [0, 0.05) is 18.9 Å². The minimum Gasteiger partial charge on any atom is -0.491 e. The second kappa shape index (κ2) is 12.9. The number of nitrogens with zero attached hydrogens (tertiary/aromatic N) is 1. The number of aromatic nitrogens is 1. The molecule has 1 aromatic heterocycles. The molecule has 1 rings (SSSR count). The maximum atomic E-state index is 11.8. The minimum absolute atomic E-state index is 0.0944. The summed E-state index contributed by atoms with van der Waals surface area (Å²) in [6.45, 7) is 2.58. The number of pyridine rings is 1. The van der Waals surface area contributed by atoms with E-state index in [1.54, 1.807) is 31.5 Å². The first-order chi connectivity index (χ1) is 12.6. The normalized spacial score (nSPS) is 10.8. The molecule has 1 heterocycles. The first-order valence-corrected chi connectivity index (χ1v) is 9.16. The summed E-state index contributed by atoms with van der Waals surface area (Å²) in [6.07, 6.45) is 10.8. The Morgan fingerprint density at radius 3 is 2.58 bits per heavy atom. The van der Waals surface area contributed by atoms with Crippen LogP contribution >= 0.6 is 0 Å². The zero-order valence-electron chi connectivity index (χ0n) is 15.7. The van der Waals surface area contributed by atoms with Gasteiger partial charge in [-0.3, -0.25) is 14.6 Å². The molecule has 0 aliphatic carbocycles.